The second-order valence-corrected chi connectivity index (χ2v) is 6.19. The Morgan fingerprint density at radius 2 is 2.12 bits per heavy atom. The van der Waals surface area contributed by atoms with E-state index in [1.54, 1.807) is 18.2 Å². The number of nitrogens with zero attached hydrogens (tertiary/aromatic N) is 2. The van der Waals surface area contributed by atoms with E-state index in [2.05, 4.69) is 10.3 Å². The van der Waals surface area contributed by atoms with E-state index in [1.165, 1.54) is 7.11 Å². The van der Waals surface area contributed by atoms with E-state index in [9.17, 15) is 14.4 Å². The van der Waals surface area contributed by atoms with Crippen molar-refractivity contribution in [3.8, 4) is 0 Å². The molecule has 0 radical (unpaired) electrons. The average Bonchev–Trinajstić information content (AvgIpc) is 3.07. The van der Waals surface area contributed by atoms with E-state index in [0.717, 1.165) is 30.6 Å². The summed E-state index contributed by atoms with van der Waals surface area (Å²) in [6.45, 7) is 0.442. The summed E-state index contributed by atoms with van der Waals surface area (Å²) in [7, 11) is 1.51. The number of rotatable bonds is 5. The first-order chi connectivity index (χ1) is 11.6. The van der Waals surface area contributed by atoms with Crippen LogP contribution in [-0.4, -0.2) is 54.8 Å². The predicted octanol–water partition coefficient (Wildman–Crippen LogP) is 1.21. The largest absolute Gasteiger partial charge is 0.383 e. The van der Waals surface area contributed by atoms with Crippen molar-refractivity contribution < 1.29 is 19.1 Å². The molecule has 3 aliphatic rings. The molecule has 3 rings (SSSR count). The Kier molecular flexibility index (Phi) is 4.89. The molecule has 1 aliphatic heterocycles. The minimum atomic E-state index is -0.609. The highest BCUT2D eigenvalue weighted by Gasteiger charge is 2.36. The fourth-order valence-electron chi connectivity index (χ4n) is 3.21. The molecule has 1 N–H and O–H groups in total. The first-order valence-electron chi connectivity index (χ1n) is 8.24. The highest BCUT2D eigenvalue weighted by Crippen LogP contribution is 2.23. The Balaban J connectivity index is 1.73. The van der Waals surface area contributed by atoms with Crippen LogP contribution in [0.2, 0.25) is 0 Å². The van der Waals surface area contributed by atoms with Gasteiger partial charge in [0.2, 0.25) is 5.91 Å². The number of imide groups is 1. The molecule has 0 aromatic heterocycles. The van der Waals surface area contributed by atoms with Gasteiger partial charge in [0, 0.05) is 18.7 Å². The highest BCUT2D eigenvalue weighted by atomic mass is 16.5. The Bertz CT molecular complexity index is 644. The maximum absolute atomic E-state index is 12.4. The van der Waals surface area contributed by atoms with Gasteiger partial charge in [-0.1, -0.05) is 25.0 Å². The number of allylic oxidation sites excluding steroid dienone is 1. The number of hydrogen-bond donors (Lipinski definition) is 1. The summed E-state index contributed by atoms with van der Waals surface area (Å²) in [6, 6.07) is -0.393. The third kappa shape index (κ3) is 3.31. The Hall–Kier alpha value is -2.28. The van der Waals surface area contributed by atoms with Gasteiger partial charge in [0.15, 0.2) is 0 Å². The van der Waals surface area contributed by atoms with Gasteiger partial charge >= 0.3 is 6.03 Å². The van der Waals surface area contributed by atoms with E-state index in [4.69, 9.17) is 4.74 Å². The first-order valence-corrected chi connectivity index (χ1v) is 8.24. The molecule has 0 spiro atoms. The summed E-state index contributed by atoms with van der Waals surface area (Å²) >= 11 is 0. The molecular weight excluding hydrogens is 310 g/mol. The molecule has 128 valence electrons. The van der Waals surface area contributed by atoms with Crippen LogP contribution >= 0.6 is 0 Å². The Labute approximate surface area is 140 Å². The zero-order valence-electron chi connectivity index (χ0n) is 13.7. The van der Waals surface area contributed by atoms with Crippen LogP contribution in [0.25, 0.3) is 0 Å². The molecule has 0 aromatic carbocycles. The molecule has 7 heteroatoms. The minimum Gasteiger partial charge on any atom is -0.383 e. The first kappa shape index (κ1) is 16.6. The number of carbonyl (C=O) groups excluding carboxylic acids is 3. The number of nitrogens with one attached hydrogen (secondary N) is 1. The molecule has 0 aromatic rings. The Morgan fingerprint density at radius 3 is 2.83 bits per heavy atom. The third-order valence-corrected chi connectivity index (χ3v) is 4.55. The third-order valence-electron chi connectivity index (χ3n) is 4.55. The zero-order chi connectivity index (χ0) is 17.1. The molecule has 2 aliphatic carbocycles. The second-order valence-electron chi connectivity index (χ2n) is 6.19. The van der Waals surface area contributed by atoms with Crippen molar-refractivity contribution in [1.82, 2.24) is 10.2 Å². The van der Waals surface area contributed by atoms with Crippen LogP contribution in [0.1, 0.15) is 25.7 Å². The summed E-state index contributed by atoms with van der Waals surface area (Å²) in [4.78, 5) is 41.8. The molecule has 1 unspecified atom stereocenters. The van der Waals surface area contributed by atoms with E-state index in [0.29, 0.717) is 11.3 Å². The van der Waals surface area contributed by atoms with Crippen molar-refractivity contribution in [3.63, 3.8) is 0 Å². The van der Waals surface area contributed by atoms with Crippen LogP contribution in [0.4, 0.5) is 4.79 Å². The molecule has 1 atom stereocenters. The molecule has 1 fully saturated rings. The summed E-state index contributed by atoms with van der Waals surface area (Å²) in [5.74, 6) is -1.12. The Morgan fingerprint density at radius 1 is 1.38 bits per heavy atom. The molecule has 4 amide bonds. The SMILES string of the molecule is COCCN1C(=O)N=C2C=C(C(=O)NC3CCCC3)C=CC2C1=O. The number of amides is 4. The monoisotopic (exact) mass is 331 g/mol. The number of hydrogen-bond acceptors (Lipinski definition) is 4. The van der Waals surface area contributed by atoms with Crippen molar-refractivity contribution in [2.24, 2.45) is 10.9 Å². The van der Waals surface area contributed by atoms with Gasteiger partial charge in [0.05, 0.1) is 24.8 Å². The van der Waals surface area contributed by atoms with Crippen molar-refractivity contribution in [2.45, 2.75) is 31.7 Å². The van der Waals surface area contributed by atoms with Gasteiger partial charge in [-0.05, 0) is 18.9 Å². The number of fused-ring (bicyclic) bond motifs is 1. The fraction of sp³-hybridized carbons (Fsp3) is 0.529. The highest BCUT2D eigenvalue weighted by molar-refractivity contribution is 6.23. The topological polar surface area (TPSA) is 88.1 Å². The maximum Gasteiger partial charge on any atom is 0.350 e. The average molecular weight is 331 g/mol. The summed E-state index contributed by atoms with van der Waals surface area (Å²) in [6.07, 6.45) is 9.07. The van der Waals surface area contributed by atoms with E-state index < -0.39 is 11.9 Å². The quantitative estimate of drug-likeness (QED) is 0.820. The van der Waals surface area contributed by atoms with Gasteiger partial charge in [-0.2, -0.15) is 4.99 Å². The van der Waals surface area contributed by atoms with Crippen LogP contribution < -0.4 is 5.32 Å². The number of carbonyl (C=O) groups is 3. The van der Waals surface area contributed by atoms with Crippen molar-refractivity contribution in [2.75, 3.05) is 20.3 Å². The number of urea groups is 1. The molecule has 24 heavy (non-hydrogen) atoms. The van der Waals surface area contributed by atoms with Gasteiger partial charge in [-0.15, -0.1) is 0 Å². The van der Waals surface area contributed by atoms with Crippen molar-refractivity contribution in [1.29, 1.82) is 0 Å². The van der Waals surface area contributed by atoms with Crippen molar-refractivity contribution in [3.05, 3.63) is 23.8 Å². The smallest absolute Gasteiger partial charge is 0.350 e. The maximum atomic E-state index is 12.4. The van der Waals surface area contributed by atoms with E-state index >= 15 is 0 Å². The van der Waals surface area contributed by atoms with Gasteiger partial charge in [0.1, 0.15) is 0 Å². The molecule has 1 saturated carbocycles. The molecule has 7 nitrogen and oxygen atoms in total. The number of ether oxygens (including phenoxy) is 1. The lowest BCUT2D eigenvalue weighted by molar-refractivity contribution is -0.130. The zero-order valence-corrected chi connectivity index (χ0v) is 13.7. The van der Waals surface area contributed by atoms with Gasteiger partial charge in [0.25, 0.3) is 5.91 Å². The molecular formula is C17H21N3O4. The second kappa shape index (κ2) is 7.09. The molecule has 1 heterocycles. The van der Waals surface area contributed by atoms with Crippen LogP contribution in [0.3, 0.4) is 0 Å². The van der Waals surface area contributed by atoms with Crippen LogP contribution in [-0.2, 0) is 14.3 Å². The van der Waals surface area contributed by atoms with Crippen LogP contribution in [0.15, 0.2) is 28.8 Å². The van der Waals surface area contributed by atoms with Gasteiger partial charge in [-0.3, -0.25) is 14.5 Å². The fourth-order valence-corrected chi connectivity index (χ4v) is 3.21. The predicted molar refractivity (Wildman–Crippen MR) is 87.5 cm³/mol. The standard InChI is InChI=1S/C17H21N3O4/c1-24-9-8-20-16(22)13-7-6-11(10-14(13)19-17(20)23)15(21)18-12-4-2-3-5-12/h6-7,10,12-13H,2-5,8-9H2,1H3,(H,18,21). The molecule has 0 bridgehead atoms. The van der Waals surface area contributed by atoms with Gasteiger partial charge in [-0.25, -0.2) is 4.79 Å². The lowest BCUT2D eigenvalue weighted by atomic mass is 9.91. The lowest BCUT2D eigenvalue weighted by Gasteiger charge is -2.28. The number of methoxy groups -OCH3 is 1. The summed E-state index contributed by atoms with van der Waals surface area (Å²) in [5.41, 5.74) is 0.764. The molecule has 0 saturated heterocycles. The van der Waals surface area contributed by atoms with E-state index in [-0.39, 0.29) is 31.0 Å². The van der Waals surface area contributed by atoms with Gasteiger partial charge < -0.3 is 10.1 Å². The van der Waals surface area contributed by atoms with E-state index in [1.807, 2.05) is 0 Å². The number of aliphatic imine (C=N–C) groups is 1. The summed E-state index contributed by atoms with van der Waals surface area (Å²) in [5, 5.41) is 2.99. The van der Waals surface area contributed by atoms with Crippen LogP contribution in [0, 0.1) is 5.92 Å². The normalized spacial score (nSPS) is 23.9. The van der Waals surface area contributed by atoms with Crippen molar-refractivity contribution >= 4 is 23.6 Å². The van der Waals surface area contributed by atoms with Crippen LogP contribution in [0.5, 0.6) is 0 Å². The minimum absolute atomic E-state index is 0.175. The lowest BCUT2D eigenvalue weighted by Crippen LogP contribution is -2.47. The summed E-state index contributed by atoms with van der Waals surface area (Å²) < 4.78 is 4.91.